The smallest absolute Gasteiger partial charge is 0.248 e. The number of carbonyl (C=O) groups excluding carboxylic acids is 1. The van der Waals surface area contributed by atoms with Crippen LogP contribution >= 0.6 is 0 Å². The molecule has 2 aromatic carbocycles. The van der Waals surface area contributed by atoms with Gasteiger partial charge in [0.15, 0.2) is 0 Å². The molecule has 0 saturated carbocycles. The Hall–Kier alpha value is -2.34. The summed E-state index contributed by atoms with van der Waals surface area (Å²) in [6.45, 7) is 11.8. The van der Waals surface area contributed by atoms with E-state index < -0.39 is 16.1 Å². The standard InChI is InChI=1S/C23H32N2O3S/c1-8-21(23(26)24-22-17(5)10-9-11-20(22)15(2)3)25(29(7,27)28)19-13-12-16(4)18(6)14-19/h9-15,21H,8H2,1-7H3,(H,24,26)/t21-/m0/s1. The lowest BCUT2D eigenvalue weighted by Gasteiger charge is -2.31. The van der Waals surface area contributed by atoms with E-state index in [1.807, 2.05) is 58.0 Å². The Balaban J connectivity index is 2.49. The van der Waals surface area contributed by atoms with Crippen LogP contribution in [0.2, 0.25) is 0 Å². The lowest BCUT2D eigenvalue weighted by atomic mass is 9.98. The molecule has 1 N–H and O–H groups in total. The Morgan fingerprint density at radius 1 is 1.03 bits per heavy atom. The molecule has 2 aromatic rings. The van der Waals surface area contributed by atoms with E-state index in [0.717, 1.165) is 34.2 Å². The number of para-hydroxylation sites is 1. The van der Waals surface area contributed by atoms with Crippen molar-refractivity contribution < 1.29 is 13.2 Å². The third-order valence-corrected chi connectivity index (χ3v) is 6.43. The van der Waals surface area contributed by atoms with Crippen molar-refractivity contribution in [3.05, 3.63) is 58.7 Å². The number of benzene rings is 2. The van der Waals surface area contributed by atoms with Crippen LogP contribution in [0, 0.1) is 20.8 Å². The predicted molar refractivity (Wildman–Crippen MR) is 121 cm³/mol. The van der Waals surface area contributed by atoms with E-state index in [0.29, 0.717) is 12.1 Å². The van der Waals surface area contributed by atoms with Crippen LogP contribution in [0.25, 0.3) is 0 Å². The van der Waals surface area contributed by atoms with Crippen molar-refractivity contribution in [3.8, 4) is 0 Å². The van der Waals surface area contributed by atoms with Crippen LogP contribution < -0.4 is 9.62 Å². The van der Waals surface area contributed by atoms with Crippen molar-refractivity contribution in [3.63, 3.8) is 0 Å². The molecule has 0 aliphatic heterocycles. The first-order chi connectivity index (χ1) is 13.5. The topological polar surface area (TPSA) is 66.5 Å². The second-order valence-corrected chi connectivity index (χ2v) is 9.79. The summed E-state index contributed by atoms with van der Waals surface area (Å²) < 4.78 is 26.6. The highest BCUT2D eigenvalue weighted by Crippen LogP contribution is 2.29. The van der Waals surface area contributed by atoms with E-state index in [1.165, 1.54) is 4.31 Å². The largest absolute Gasteiger partial charge is 0.324 e. The molecule has 0 saturated heterocycles. The second kappa shape index (κ2) is 8.99. The second-order valence-electron chi connectivity index (χ2n) is 7.93. The summed E-state index contributed by atoms with van der Waals surface area (Å²) in [6.07, 6.45) is 1.50. The van der Waals surface area contributed by atoms with Crippen molar-refractivity contribution in [2.75, 3.05) is 15.9 Å². The minimum absolute atomic E-state index is 0.232. The maximum Gasteiger partial charge on any atom is 0.248 e. The van der Waals surface area contributed by atoms with Gasteiger partial charge in [0.25, 0.3) is 0 Å². The van der Waals surface area contributed by atoms with Crippen LogP contribution in [0.3, 0.4) is 0 Å². The molecule has 0 radical (unpaired) electrons. The van der Waals surface area contributed by atoms with Crippen LogP contribution in [0.4, 0.5) is 11.4 Å². The zero-order valence-corrected chi connectivity index (χ0v) is 19.2. The van der Waals surface area contributed by atoms with Gasteiger partial charge in [-0.3, -0.25) is 9.10 Å². The first-order valence-electron chi connectivity index (χ1n) is 9.94. The molecule has 0 bridgehead atoms. The normalized spacial score (nSPS) is 12.7. The van der Waals surface area contributed by atoms with Crippen molar-refractivity contribution in [1.29, 1.82) is 0 Å². The Bertz CT molecular complexity index is 997. The Kier molecular flexibility index (Phi) is 7.11. The minimum Gasteiger partial charge on any atom is -0.324 e. The summed E-state index contributed by atoms with van der Waals surface area (Å²) in [4.78, 5) is 13.3. The summed E-state index contributed by atoms with van der Waals surface area (Å²) in [6, 6.07) is 10.5. The van der Waals surface area contributed by atoms with Crippen molar-refractivity contribution in [1.82, 2.24) is 0 Å². The van der Waals surface area contributed by atoms with Gasteiger partial charge < -0.3 is 5.32 Å². The van der Waals surface area contributed by atoms with E-state index in [4.69, 9.17) is 0 Å². The number of nitrogens with zero attached hydrogens (tertiary/aromatic N) is 1. The van der Waals surface area contributed by atoms with Crippen molar-refractivity contribution in [2.45, 2.75) is 59.9 Å². The lowest BCUT2D eigenvalue weighted by Crippen LogP contribution is -2.47. The molecule has 0 fully saturated rings. The molecule has 29 heavy (non-hydrogen) atoms. The Labute approximate surface area is 175 Å². The average molecular weight is 417 g/mol. The third-order valence-electron chi connectivity index (χ3n) is 5.25. The summed E-state index contributed by atoms with van der Waals surface area (Å²) in [5.74, 6) is -0.0941. The van der Waals surface area contributed by atoms with Gasteiger partial charge in [0.05, 0.1) is 11.9 Å². The molecular formula is C23H32N2O3S. The molecule has 2 rings (SSSR count). The van der Waals surface area contributed by atoms with Crippen LogP contribution in [0.5, 0.6) is 0 Å². The monoisotopic (exact) mass is 416 g/mol. The van der Waals surface area contributed by atoms with Crippen molar-refractivity contribution >= 4 is 27.3 Å². The molecule has 1 atom stereocenters. The van der Waals surface area contributed by atoms with Crippen LogP contribution in [0.1, 0.15) is 55.4 Å². The van der Waals surface area contributed by atoms with Gasteiger partial charge in [0.2, 0.25) is 15.9 Å². The molecule has 6 heteroatoms. The minimum atomic E-state index is -3.66. The fourth-order valence-electron chi connectivity index (χ4n) is 3.47. The van der Waals surface area contributed by atoms with E-state index in [9.17, 15) is 13.2 Å². The first-order valence-corrected chi connectivity index (χ1v) is 11.8. The summed E-state index contributed by atoms with van der Waals surface area (Å²) in [5.41, 5.74) is 5.31. The Morgan fingerprint density at radius 2 is 1.69 bits per heavy atom. The number of anilines is 2. The highest BCUT2D eigenvalue weighted by Gasteiger charge is 2.32. The first kappa shape index (κ1) is 22.9. The predicted octanol–water partition coefficient (Wildman–Crippen LogP) is 4.92. The maximum atomic E-state index is 13.3. The molecule has 1 amide bonds. The zero-order chi connectivity index (χ0) is 21.9. The fourth-order valence-corrected chi connectivity index (χ4v) is 4.68. The number of nitrogens with one attached hydrogen (secondary N) is 1. The van der Waals surface area contributed by atoms with Crippen molar-refractivity contribution in [2.24, 2.45) is 0 Å². The van der Waals surface area contributed by atoms with Gasteiger partial charge in [-0.25, -0.2) is 8.42 Å². The zero-order valence-electron chi connectivity index (χ0n) is 18.4. The quantitative estimate of drug-likeness (QED) is 0.697. The molecular weight excluding hydrogens is 384 g/mol. The molecule has 158 valence electrons. The number of sulfonamides is 1. The lowest BCUT2D eigenvalue weighted by molar-refractivity contribution is -0.117. The van der Waals surface area contributed by atoms with E-state index in [1.54, 1.807) is 6.07 Å². The highest BCUT2D eigenvalue weighted by atomic mass is 32.2. The van der Waals surface area contributed by atoms with E-state index >= 15 is 0 Å². The van der Waals surface area contributed by atoms with Gasteiger partial charge in [0, 0.05) is 5.69 Å². The molecule has 0 aliphatic carbocycles. The molecule has 5 nitrogen and oxygen atoms in total. The van der Waals surface area contributed by atoms with Gasteiger partial charge in [-0.05, 0) is 67.5 Å². The molecule has 0 aliphatic rings. The third kappa shape index (κ3) is 5.18. The molecule has 0 aromatic heterocycles. The molecule has 0 heterocycles. The summed E-state index contributed by atoms with van der Waals surface area (Å²) in [5, 5.41) is 3.01. The highest BCUT2D eigenvalue weighted by molar-refractivity contribution is 7.92. The van der Waals surface area contributed by atoms with Gasteiger partial charge in [-0.2, -0.15) is 0 Å². The number of hydrogen-bond acceptors (Lipinski definition) is 3. The van der Waals surface area contributed by atoms with Crippen LogP contribution in [-0.2, 0) is 14.8 Å². The number of hydrogen-bond donors (Lipinski definition) is 1. The SMILES string of the molecule is CC[C@@H](C(=O)Nc1c(C)cccc1C(C)C)N(c1ccc(C)c(C)c1)S(C)(=O)=O. The van der Waals surface area contributed by atoms with Gasteiger partial charge >= 0.3 is 0 Å². The molecule has 0 spiro atoms. The average Bonchev–Trinajstić information content (AvgIpc) is 2.62. The number of rotatable bonds is 7. The van der Waals surface area contributed by atoms with Crippen LogP contribution in [-0.4, -0.2) is 26.6 Å². The summed E-state index contributed by atoms with van der Waals surface area (Å²) >= 11 is 0. The number of aryl methyl sites for hydroxylation is 3. The number of carbonyl (C=O) groups is 1. The summed E-state index contributed by atoms with van der Waals surface area (Å²) in [7, 11) is -3.66. The number of amides is 1. The van der Waals surface area contributed by atoms with E-state index in [-0.39, 0.29) is 11.8 Å². The maximum absolute atomic E-state index is 13.3. The Morgan fingerprint density at radius 3 is 2.21 bits per heavy atom. The van der Waals surface area contributed by atoms with Gasteiger partial charge in [0.1, 0.15) is 6.04 Å². The van der Waals surface area contributed by atoms with Gasteiger partial charge in [-0.15, -0.1) is 0 Å². The van der Waals surface area contributed by atoms with E-state index in [2.05, 4.69) is 19.2 Å². The van der Waals surface area contributed by atoms with Gasteiger partial charge in [-0.1, -0.05) is 45.0 Å². The fraction of sp³-hybridized carbons (Fsp3) is 0.435. The molecule has 0 unspecified atom stereocenters. The van der Waals surface area contributed by atoms with Crippen LogP contribution in [0.15, 0.2) is 36.4 Å².